The summed E-state index contributed by atoms with van der Waals surface area (Å²) in [7, 11) is -6.32. The highest BCUT2D eigenvalue weighted by Gasteiger charge is 2.49. The average molecular weight is 309 g/mol. The predicted molar refractivity (Wildman–Crippen MR) is 96.5 cm³/mol. The number of rotatable bonds is 9. The molecule has 2 nitrogen and oxygen atoms in total. The van der Waals surface area contributed by atoms with E-state index in [-0.39, 0.29) is 0 Å². The zero-order valence-corrected chi connectivity index (χ0v) is 15.7. The highest BCUT2D eigenvalue weighted by Crippen LogP contribution is 2.30. The third-order valence-corrected chi connectivity index (χ3v) is 19.2. The van der Waals surface area contributed by atoms with Crippen molar-refractivity contribution in [2.45, 2.75) is 26.1 Å². The summed E-state index contributed by atoms with van der Waals surface area (Å²) in [5.74, 6) is 0. The largest absolute Gasteiger partial charge is 0.340 e. The van der Waals surface area contributed by atoms with E-state index < -0.39 is 24.9 Å². The van der Waals surface area contributed by atoms with E-state index in [9.17, 15) is 0 Å². The molecule has 0 aliphatic heterocycles. The number of hydrogen-bond donors (Lipinski definition) is 1. The van der Waals surface area contributed by atoms with Crippen LogP contribution in [0, 0.1) is 0 Å². The Morgan fingerprint density at radius 2 is 1.26 bits per heavy atom. The molecule has 5 heteroatoms. The van der Waals surface area contributed by atoms with Gasteiger partial charge in [0.2, 0.25) is 0 Å². The van der Waals surface area contributed by atoms with Crippen molar-refractivity contribution in [2.75, 3.05) is 0 Å². The molecule has 106 valence electrons. The van der Waals surface area contributed by atoms with E-state index in [0.29, 0.717) is 0 Å². The molecule has 0 unspecified atom stereocenters. The molecule has 0 spiro atoms. The molecule has 0 aromatic rings. The van der Waals surface area contributed by atoms with Crippen molar-refractivity contribution in [1.29, 1.82) is 0 Å². The molecular formula is C14H28N2Si3. The van der Waals surface area contributed by atoms with E-state index in [0.717, 1.165) is 6.04 Å². The number of hydrogen-bond acceptors (Lipinski definition) is 2. The molecule has 0 saturated carbocycles. The molecule has 0 amide bonds. The minimum Gasteiger partial charge on any atom is -0.340 e. The smallest absolute Gasteiger partial charge is 0.189 e. The molecule has 0 aliphatic carbocycles. The third-order valence-electron chi connectivity index (χ3n) is 3.63. The van der Waals surface area contributed by atoms with Gasteiger partial charge in [-0.1, -0.05) is 35.4 Å². The molecule has 19 heavy (non-hydrogen) atoms. The van der Waals surface area contributed by atoms with Gasteiger partial charge in [0, 0.05) is 0 Å². The minimum absolute atomic E-state index is 0.998. The van der Waals surface area contributed by atoms with Crippen LogP contribution in [0.2, 0.25) is 19.1 Å². The lowest BCUT2D eigenvalue weighted by Crippen LogP contribution is -2.76. The van der Waals surface area contributed by atoms with Crippen molar-refractivity contribution in [2.24, 2.45) is 5.40 Å². The Labute approximate surface area is 122 Å². The zero-order chi connectivity index (χ0) is 15.3. The molecule has 0 aromatic carbocycles. The summed E-state index contributed by atoms with van der Waals surface area (Å²) in [6.07, 6.45) is 0. The first kappa shape index (κ1) is 18.3. The van der Waals surface area contributed by atoms with Gasteiger partial charge in [0.15, 0.2) is 24.9 Å². The van der Waals surface area contributed by atoms with Crippen LogP contribution in [0.3, 0.4) is 0 Å². The number of nitrogens with two attached hydrogens (primary N) is 1. The molecule has 2 N–H and O–H groups in total. The first-order chi connectivity index (χ1) is 8.73. The maximum absolute atomic E-state index is 6.60. The maximum Gasteiger partial charge on any atom is 0.189 e. The van der Waals surface area contributed by atoms with Crippen molar-refractivity contribution in [3.05, 3.63) is 61.4 Å². The van der Waals surface area contributed by atoms with Gasteiger partial charge < -0.3 is 9.30 Å². The highest BCUT2D eigenvalue weighted by molar-refractivity contribution is 7.12. The Morgan fingerprint density at radius 1 is 0.895 bits per heavy atom. The van der Waals surface area contributed by atoms with Gasteiger partial charge in [0.1, 0.15) is 0 Å². The Bertz CT molecular complexity index is 353. The molecule has 0 aromatic heterocycles. The molecule has 0 atom stereocenters. The van der Waals surface area contributed by atoms with Gasteiger partial charge in [-0.25, -0.2) is 0 Å². The molecule has 0 heterocycles. The Kier molecular flexibility index (Phi) is 6.37. The predicted octanol–water partition coefficient (Wildman–Crippen LogP) is 3.49. The summed E-state index contributed by atoms with van der Waals surface area (Å²) in [5, 5.41) is 6.60. The summed E-state index contributed by atoms with van der Waals surface area (Å²) < 4.78 is 2.50. The Hall–Kier alpha value is -0.729. The normalized spacial score (nSPS) is 12.9. The van der Waals surface area contributed by atoms with Gasteiger partial charge in [0.05, 0.1) is 0 Å². The van der Waals surface area contributed by atoms with Crippen LogP contribution in [-0.2, 0) is 0 Å². The van der Waals surface area contributed by atoms with E-state index in [1.165, 1.54) is 0 Å². The second-order valence-electron chi connectivity index (χ2n) is 5.24. The Balaban J connectivity index is 6.33. The van der Waals surface area contributed by atoms with Crippen LogP contribution in [0.4, 0.5) is 0 Å². The van der Waals surface area contributed by atoms with E-state index in [4.69, 9.17) is 5.40 Å². The summed E-state index contributed by atoms with van der Waals surface area (Å²) in [4.78, 5) is 0. The fraction of sp³-hybridized carbons (Fsp3) is 0.286. The van der Waals surface area contributed by atoms with Crippen LogP contribution in [0.1, 0.15) is 6.92 Å². The van der Waals surface area contributed by atoms with Gasteiger partial charge in [-0.05, 0) is 19.1 Å². The zero-order valence-electron chi connectivity index (χ0n) is 12.7. The van der Waals surface area contributed by atoms with E-state index >= 15 is 0 Å². The molecule has 0 bridgehead atoms. The lowest BCUT2D eigenvalue weighted by molar-refractivity contribution is 0.911. The van der Waals surface area contributed by atoms with Crippen molar-refractivity contribution in [3.8, 4) is 0 Å². The highest BCUT2D eigenvalue weighted by atomic mass is 28.5. The van der Waals surface area contributed by atoms with Crippen molar-refractivity contribution >= 4 is 24.9 Å². The van der Waals surface area contributed by atoms with Crippen molar-refractivity contribution < 1.29 is 0 Å². The first-order valence-corrected chi connectivity index (χ1v) is 14.0. The first-order valence-electron chi connectivity index (χ1n) is 6.50. The van der Waals surface area contributed by atoms with E-state index in [1.807, 2.05) is 17.1 Å². The monoisotopic (exact) mass is 308 g/mol. The van der Waals surface area contributed by atoms with E-state index in [2.05, 4.69) is 68.2 Å². The molecule has 0 saturated heterocycles. The van der Waals surface area contributed by atoms with Crippen molar-refractivity contribution in [1.82, 2.24) is 3.90 Å². The molecule has 0 rings (SSSR count). The third kappa shape index (κ3) is 3.24. The maximum atomic E-state index is 6.60. The van der Waals surface area contributed by atoms with Crippen LogP contribution in [0.25, 0.3) is 0 Å². The second kappa shape index (κ2) is 6.62. The second-order valence-corrected chi connectivity index (χ2v) is 17.7. The van der Waals surface area contributed by atoms with Crippen LogP contribution in [0.15, 0.2) is 61.4 Å². The topological polar surface area (TPSA) is 29.3 Å². The summed E-state index contributed by atoms with van der Waals surface area (Å²) in [6, 6.07) is 0.998. The van der Waals surface area contributed by atoms with Crippen LogP contribution in [-0.4, -0.2) is 28.8 Å². The van der Waals surface area contributed by atoms with Gasteiger partial charge in [-0.15, -0.1) is 32.9 Å². The number of nitrogens with zero attached hydrogens (tertiary/aromatic N) is 1. The van der Waals surface area contributed by atoms with Gasteiger partial charge >= 0.3 is 0 Å². The lowest BCUT2D eigenvalue weighted by Gasteiger charge is -2.52. The molecular weight excluding hydrogens is 280 g/mol. The average Bonchev–Trinajstić information content (AvgIpc) is 2.40. The van der Waals surface area contributed by atoms with Gasteiger partial charge in [0.25, 0.3) is 0 Å². The summed E-state index contributed by atoms with van der Waals surface area (Å²) in [6.45, 7) is 26.7. The van der Waals surface area contributed by atoms with Crippen LogP contribution < -0.4 is 5.40 Å². The fourth-order valence-electron chi connectivity index (χ4n) is 2.63. The molecule has 0 radical (unpaired) electrons. The Morgan fingerprint density at radius 3 is 1.42 bits per heavy atom. The van der Waals surface area contributed by atoms with Crippen LogP contribution in [0.5, 0.6) is 0 Å². The minimum atomic E-state index is -2.20. The van der Waals surface area contributed by atoms with Crippen LogP contribution >= 0.6 is 0 Å². The van der Waals surface area contributed by atoms with E-state index in [1.54, 1.807) is 0 Å². The van der Waals surface area contributed by atoms with Gasteiger partial charge in [-0.2, -0.15) is 0 Å². The lowest BCUT2D eigenvalue weighted by atomic mass is 11.0. The quantitative estimate of drug-likeness (QED) is 0.661. The molecule has 0 aliphatic rings. The SMILES string of the molecule is C=C[Si](C=C)(C=C)N([Si](C)(C)N)[Si](C=C)(C=C)CC. The van der Waals surface area contributed by atoms with Gasteiger partial charge in [-0.3, -0.25) is 0 Å². The molecule has 0 fully saturated rings. The fourth-order valence-corrected chi connectivity index (χ4v) is 20.0. The standard InChI is InChI=1S/C14H28N2Si3/c1-9-18(10-2,11-3)16(17(7,8)15)19(12-4,13-5)14-6/h9-13H,1-5,14-15H2,6-8H3. The van der Waals surface area contributed by atoms with Crippen molar-refractivity contribution in [3.63, 3.8) is 0 Å². The summed E-state index contributed by atoms with van der Waals surface area (Å²) >= 11 is 0. The summed E-state index contributed by atoms with van der Waals surface area (Å²) in [5.41, 5.74) is 10.1.